The Morgan fingerprint density at radius 1 is 0.880 bits per heavy atom. The van der Waals surface area contributed by atoms with Gasteiger partial charge in [-0.05, 0) is 29.0 Å². The van der Waals surface area contributed by atoms with Gasteiger partial charge in [0.05, 0.1) is 21.3 Å². The van der Waals surface area contributed by atoms with E-state index in [4.69, 9.17) is 27.9 Å². The highest BCUT2D eigenvalue weighted by Crippen LogP contribution is 2.29. The van der Waals surface area contributed by atoms with Crippen molar-refractivity contribution in [2.24, 2.45) is 0 Å². The number of halogens is 2. The summed E-state index contributed by atoms with van der Waals surface area (Å²) in [4.78, 5) is 24.3. The van der Waals surface area contributed by atoms with E-state index in [2.05, 4.69) is 5.32 Å². The van der Waals surface area contributed by atoms with Gasteiger partial charge in [0.1, 0.15) is 0 Å². The van der Waals surface area contributed by atoms with E-state index in [0.717, 1.165) is 10.8 Å². The minimum atomic E-state index is -0.572. The molecule has 0 bridgehead atoms. The minimum Gasteiger partial charge on any atom is -0.452 e. The second-order valence-corrected chi connectivity index (χ2v) is 6.06. The Bertz CT molecular complexity index is 931. The fraction of sp³-hybridized carbons (Fsp3) is 0.0526. The lowest BCUT2D eigenvalue weighted by atomic mass is 10.1. The summed E-state index contributed by atoms with van der Waals surface area (Å²) >= 11 is 12.0. The largest absolute Gasteiger partial charge is 0.452 e. The van der Waals surface area contributed by atoms with Crippen molar-refractivity contribution in [3.63, 3.8) is 0 Å². The summed E-state index contributed by atoms with van der Waals surface area (Å²) in [6.45, 7) is -0.441. The number of nitrogens with one attached hydrogen (secondary N) is 1. The second kappa shape index (κ2) is 7.55. The Kier molecular flexibility index (Phi) is 5.22. The zero-order valence-corrected chi connectivity index (χ0v) is 14.5. The molecule has 126 valence electrons. The third kappa shape index (κ3) is 3.92. The standard InChI is InChI=1S/C19H13Cl2NO3/c20-15-9-4-10-16(21)18(15)22-17(23)11-25-19(24)14-8-3-6-12-5-1-2-7-13(12)14/h1-10H,11H2,(H,22,23). The third-order valence-electron chi connectivity index (χ3n) is 3.57. The monoisotopic (exact) mass is 373 g/mol. The Morgan fingerprint density at radius 2 is 1.52 bits per heavy atom. The van der Waals surface area contributed by atoms with Gasteiger partial charge in [-0.1, -0.05) is 65.7 Å². The number of hydrogen-bond donors (Lipinski definition) is 1. The lowest BCUT2D eigenvalue weighted by molar-refractivity contribution is -0.119. The highest BCUT2D eigenvalue weighted by Gasteiger charge is 2.15. The van der Waals surface area contributed by atoms with Gasteiger partial charge in [-0.3, -0.25) is 4.79 Å². The van der Waals surface area contributed by atoms with Crippen LogP contribution < -0.4 is 5.32 Å². The predicted molar refractivity (Wildman–Crippen MR) is 99.3 cm³/mol. The molecule has 0 fully saturated rings. The van der Waals surface area contributed by atoms with Crippen molar-refractivity contribution < 1.29 is 14.3 Å². The van der Waals surface area contributed by atoms with Crippen LogP contribution in [0.15, 0.2) is 60.7 Å². The maximum Gasteiger partial charge on any atom is 0.339 e. The molecule has 0 aromatic heterocycles. The molecule has 3 aromatic carbocycles. The van der Waals surface area contributed by atoms with Gasteiger partial charge in [-0.15, -0.1) is 0 Å². The van der Waals surface area contributed by atoms with Crippen LogP contribution in [0.5, 0.6) is 0 Å². The first-order chi connectivity index (χ1) is 12.1. The molecule has 1 N–H and O–H groups in total. The Balaban J connectivity index is 1.69. The van der Waals surface area contributed by atoms with Gasteiger partial charge in [-0.25, -0.2) is 4.79 Å². The average molecular weight is 374 g/mol. The van der Waals surface area contributed by atoms with E-state index in [-0.39, 0.29) is 5.69 Å². The lowest BCUT2D eigenvalue weighted by Gasteiger charge is -2.10. The van der Waals surface area contributed by atoms with Gasteiger partial charge in [0, 0.05) is 0 Å². The number of anilines is 1. The van der Waals surface area contributed by atoms with E-state index in [0.29, 0.717) is 15.6 Å². The first kappa shape index (κ1) is 17.3. The fourth-order valence-electron chi connectivity index (χ4n) is 2.40. The topological polar surface area (TPSA) is 55.4 Å². The molecule has 3 rings (SSSR count). The molecule has 0 aliphatic rings. The summed E-state index contributed by atoms with van der Waals surface area (Å²) in [5.41, 5.74) is 0.693. The van der Waals surface area contributed by atoms with Crippen molar-refractivity contribution in [1.82, 2.24) is 0 Å². The number of carbonyl (C=O) groups excluding carboxylic acids is 2. The molecule has 4 nitrogen and oxygen atoms in total. The predicted octanol–water partition coefficient (Wildman–Crippen LogP) is 4.94. The number of rotatable bonds is 4. The Hall–Kier alpha value is -2.56. The number of carbonyl (C=O) groups is 2. The highest BCUT2D eigenvalue weighted by molar-refractivity contribution is 6.39. The maximum absolute atomic E-state index is 12.3. The molecule has 0 radical (unpaired) electrons. The molecule has 3 aromatic rings. The van der Waals surface area contributed by atoms with Crippen molar-refractivity contribution in [1.29, 1.82) is 0 Å². The van der Waals surface area contributed by atoms with E-state index in [1.165, 1.54) is 0 Å². The van der Waals surface area contributed by atoms with E-state index < -0.39 is 18.5 Å². The van der Waals surface area contributed by atoms with Gasteiger partial charge in [0.25, 0.3) is 5.91 Å². The summed E-state index contributed by atoms with van der Waals surface area (Å²) < 4.78 is 5.11. The number of para-hydroxylation sites is 1. The van der Waals surface area contributed by atoms with Crippen LogP contribution >= 0.6 is 23.2 Å². The Labute approximate surface area is 154 Å². The molecule has 25 heavy (non-hydrogen) atoms. The summed E-state index contributed by atoms with van der Waals surface area (Å²) in [6, 6.07) is 17.7. The highest BCUT2D eigenvalue weighted by atomic mass is 35.5. The quantitative estimate of drug-likeness (QED) is 0.658. The van der Waals surface area contributed by atoms with Crippen LogP contribution in [0.25, 0.3) is 10.8 Å². The van der Waals surface area contributed by atoms with E-state index >= 15 is 0 Å². The minimum absolute atomic E-state index is 0.289. The fourth-order valence-corrected chi connectivity index (χ4v) is 2.90. The SMILES string of the molecule is O=C(COC(=O)c1cccc2ccccc12)Nc1c(Cl)cccc1Cl. The van der Waals surface area contributed by atoms with Crippen LogP contribution in [0, 0.1) is 0 Å². The van der Waals surface area contributed by atoms with Crippen LogP contribution in [-0.4, -0.2) is 18.5 Å². The van der Waals surface area contributed by atoms with Crippen LogP contribution in [-0.2, 0) is 9.53 Å². The molecule has 0 aliphatic carbocycles. The van der Waals surface area contributed by atoms with Gasteiger partial charge in [-0.2, -0.15) is 0 Å². The second-order valence-electron chi connectivity index (χ2n) is 5.25. The van der Waals surface area contributed by atoms with Gasteiger partial charge in [0.2, 0.25) is 0 Å². The van der Waals surface area contributed by atoms with Gasteiger partial charge >= 0.3 is 5.97 Å². The molecule has 0 saturated carbocycles. The normalized spacial score (nSPS) is 10.5. The molecule has 0 saturated heterocycles. The summed E-state index contributed by atoms with van der Waals surface area (Å²) in [6.07, 6.45) is 0. The van der Waals surface area contributed by atoms with Crippen LogP contribution in [0.1, 0.15) is 10.4 Å². The molecule has 1 amide bonds. The molecular weight excluding hydrogens is 361 g/mol. The van der Waals surface area contributed by atoms with E-state index in [1.54, 1.807) is 30.3 Å². The zero-order chi connectivity index (χ0) is 17.8. The first-order valence-electron chi connectivity index (χ1n) is 7.45. The number of hydrogen-bond acceptors (Lipinski definition) is 3. The summed E-state index contributed by atoms with van der Waals surface area (Å²) in [7, 11) is 0. The molecular formula is C19H13Cl2NO3. The lowest BCUT2D eigenvalue weighted by Crippen LogP contribution is -2.21. The molecule has 6 heteroatoms. The average Bonchev–Trinajstić information content (AvgIpc) is 2.62. The van der Waals surface area contributed by atoms with Gasteiger partial charge < -0.3 is 10.1 Å². The van der Waals surface area contributed by atoms with Crippen LogP contribution in [0.2, 0.25) is 10.0 Å². The number of amides is 1. The van der Waals surface area contributed by atoms with Crippen molar-refractivity contribution in [3.05, 3.63) is 76.3 Å². The van der Waals surface area contributed by atoms with Crippen LogP contribution in [0.4, 0.5) is 5.69 Å². The van der Waals surface area contributed by atoms with Crippen molar-refractivity contribution in [3.8, 4) is 0 Å². The Morgan fingerprint density at radius 3 is 2.28 bits per heavy atom. The zero-order valence-electron chi connectivity index (χ0n) is 13.0. The number of ether oxygens (including phenoxy) is 1. The first-order valence-corrected chi connectivity index (χ1v) is 8.20. The maximum atomic E-state index is 12.3. The van der Waals surface area contributed by atoms with Crippen molar-refractivity contribution >= 4 is 51.5 Å². The number of fused-ring (bicyclic) bond motifs is 1. The van der Waals surface area contributed by atoms with Crippen molar-refractivity contribution in [2.45, 2.75) is 0 Å². The van der Waals surface area contributed by atoms with Crippen molar-refractivity contribution in [2.75, 3.05) is 11.9 Å². The number of esters is 1. The van der Waals surface area contributed by atoms with E-state index in [1.807, 2.05) is 30.3 Å². The van der Waals surface area contributed by atoms with Gasteiger partial charge in [0.15, 0.2) is 6.61 Å². The number of benzene rings is 3. The summed E-state index contributed by atoms with van der Waals surface area (Å²) in [5, 5.41) is 4.84. The van der Waals surface area contributed by atoms with Crippen LogP contribution in [0.3, 0.4) is 0 Å². The smallest absolute Gasteiger partial charge is 0.339 e. The summed E-state index contributed by atoms with van der Waals surface area (Å²) in [5.74, 6) is -1.10. The third-order valence-corrected chi connectivity index (χ3v) is 4.20. The molecule has 0 heterocycles. The molecule has 0 atom stereocenters. The molecule has 0 unspecified atom stereocenters. The molecule has 0 aliphatic heterocycles. The molecule has 0 spiro atoms. The van der Waals surface area contributed by atoms with E-state index in [9.17, 15) is 9.59 Å².